The lowest BCUT2D eigenvalue weighted by Gasteiger charge is -2.49. The van der Waals surface area contributed by atoms with Crippen molar-refractivity contribution < 1.29 is 37.1 Å². The van der Waals surface area contributed by atoms with Gasteiger partial charge in [0.15, 0.2) is 0 Å². The van der Waals surface area contributed by atoms with Crippen LogP contribution < -0.4 is 9.62 Å². The van der Waals surface area contributed by atoms with Gasteiger partial charge in [0, 0.05) is 5.69 Å². The lowest BCUT2D eigenvalue weighted by molar-refractivity contribution is -0.158. The molecule has 8 aliphatic rings. The van der Waals surface area contributed by atoms with Crippen LogP contribution in [0.5, 0.6) is 0 Å². The van der Waals surface area contributed by atoms with Crippen molar-refractivity contribution in [3.8, 4) is 0 Å². The third-order valence-electron chi connectivity index (χ3n) is 12.8. The number of fused-ring (bicyclic) bond motifs is 13. The Kier molecular flexibility index (Phi) is 5.63. The minimum Gasteiger partial charge on any atom is -0.364 e. The molecular formula is C36H32N6O8S. The maximum atomic E-state index is 15.1. The number of benzene rings is 3. The lowest BCUT2D eigenvalue weighted by Crippen LogP contribution is -2.68. The number of carbonyl (C=O) groups excluding carboxylic acids is 4. The van der Waals surface area contributed by atoms with Crippen LogP contribution in [-0.2, 0) is 49.5 Å². The maximum Gasteiger partial charge on any atom is 0.266 e. The van der Waals surface area contributed by atoms with Crippen molar-refractivity contribution in [3.63, 3.8) is 0 Å². The largest absolute Gasteiger partial charge is 0.364 e. The molecule has 3 aromatic carbocycles. The highest BCUT2D eigenvalue weighted by atomic mass is 32.2. The summed E-state index contributed by atoms with van der Waals surface area (Å²) in [6.45, 7) is 0.0653. The summed E-state index contributed by atoms with van der Waals surface area (Å²) in [6.07, 6.45) is -1.81. The standard InChI is InChI=1S/C36H32N6O8S/c43-29-25-14-35(21-10-4-6-12-23(21)37-33(35)40(25)31(45)27-16-49-18-38(27)29)36-15-26-30(44)39-19-50-17-28(39)32(46)41(26)34(36)42(24-13-7-5-11-22(24)36)51(47,48)20-8-2-1-3-9-20/h1-13,25-28,33-34,37H,14-19H2/t25-,26-,27-,28-,33+,34-,35-,36?/m0/s1. The highest BCUT2D eigenvalue weighted by Gasteiger charge is 2.81. The molecule has 6 saturated heterocycles. The second-order valence-electron chi connectivity index (χ2n) is 14.6. The number of anilines is 2. The van der Waals surface area contributed by atoms with Crippen LogP contribution in [0.15, 0.2) is 83.8 Å². The summed E-state index contributed by atoms with van der Waals surface area (Å²) in [7, 11) is -4.37. The topological polar surface area (TPSA) is 149 Å². The molecule has 0 radical (unpaired) electrons. The Morgan fingerprint density at radius 2 is 1.20 bits per heavy atom. The molecule has 8 aliphatic heterocycles. The minimum atomic E-state index is -4.37. The van der Waals surface area contributed by atoms with Gasteiger partial charge >= 0.3 is 0 Å². The molecule has 0 spiro atoms. The molecule has 4 amide bonds. The first-order valence-corrected chi connectivity index (χ1v) is 18.6. The van der Waals surface area contributed by atoms with Crippen LogP contribution in [0, 0.1) is 0 Å². The van der Waals surface area contributed by atoms with Crippen molar-refractivity contribution in [1.29, 1.82) is 0 Å². The van der Waals surface area contributed by atoms with Gasteiger partial charge in [0.2, 0.25) is 23.6 Å². The molecule has 0 saturated carbocycles. The Balaban J connectivity index is 1.22. The summed E-state index contributed by atoms with van der Waals surface area (Å²) in [5.41, 5.74) is 0.130. The van der Waals surface area contributed by atoms with Crippen molar-refractivity contribution in [2.75, 3.05) is 36.3 Å². The van der Waals surface area contributed by atoms with Crippen LogP contribution in [0.25, 0.3) is 0 Å². The van der Waals surface area contributed by atoms with Crippen LogP contribution in [0.1, 0.15) is 24.0 Å². The second kappa shape index (κ2) is 9.66. The quantitative estimate of drug-likeness (QED) is 0.416. The van der Waals surface area contributed by atoms with Gasteiger partial charge in [-0.1, -0.05) is 54.6 Å². The summed E-state index contributed by atoms with van der Waals surface area (Å²) in [6, 6.07) is 19.4. The minimum absolute atomic E-state index is 0.00219. The van der Waals surface area contributed by atoms with Gasteiger partial charge in [-0.3, -0.25) is 19.2 Å². The smallest absolute Gasteiger partial charge is 0.266 e. The van der Waals surface area contributed by atoms with Crippen molar-refractivity contribution >= 4 is 45.0 Å². The van der Waals surface area contributed by atoms with E-state index < -0.39 is 63.3 Å². The molecule has 8 heterocycles. The number of rotatable bonds is 3. The van der Waals surface area contributed by atoms with Gasteiger partial charge in [-0.2, -0.15) is 0 Å². The number of nitrogens with one attached hydrogen (secondary N) is 1. The SMILES string of the molecule is O=C1[C@@H]2C[C@]3(C45C[C@H]6C(=O)N7COC[C@H]7C(=O)N6[C@H]4N(S(=O)(=O)c4ccccc4)c4ccccc45)c4ccccc4N[C@@H]3N2C(=O)[C@@H]2COCN12. The van der Waals surface area contributed by atoms with Crippen molar-refractivity contribution in [1.82, 2.24) is 19.6 Å². The van der Waals surface area contributed by atoms with Gasteiger partial charge in [-0.05, 0) is 48.2 Å². The first kappa shape index (κ1) is 29.7. The first-order chi connectivity index (χ1) is 24.7. The fourth-order valence-electron chi connectivity index (χ4n) is 10.9. The van der Waals surface area contributed by atoms with Gasteiger partial charge < -0.3 is 34.4 Å². The van der Waals surface area contributed by atoms with Gasteiger partial charge in [0.05, 0.1) is 34.6 Å². The van der Waals surface area contributed by atoms with E-state index in [0.717, 1.165) is 11.3 Å². The Hall–Kier alpha value is -4.99. The van der Waals surface area contributed by atoms with Crippen LogP contribution in [0.2, 0.25) is 0 Å². The van der Waals surface area contributed by atoms with E-state index >= 15 is 8.42 Å². The Morgan fingerprint density at radius 3 is 1.90 bits per heavy atom. The Morgan fingerprint density at radius 1 is 0.627 bits per heavy atom. The van der Waals surface area contributed by atoms with Crippen LogP contribution in [-0.4, -0.2) is 115 Å². The van der Waals surface area contributed by atoms with E-state index in [1.165, 1.54) is 31.1 Å². The van der Waals surface area contributed by atoms with Crippen molar-refractivity contribution in [2.45, 2.75) is 65.1 Å². The van der Waals surface area contributed by atoms with Crippen molar-refractivity contribution in [3.05, 3.63) is 90.0 Å². The predicted octanol–water partition coefficient (Wildman–Crippen LogP) is 0.748. The molecule has 1 N–H and O–H groups in total. The number of amides is 4. The third kappa shape index (κ3) is 3.25. The molecule has 11 rings (SSSR count). The normalized spacial score (nSPS) is 35.6. The van der Waals surface area contributed by atoms with Crippen LogP contribution >= 0.6 is 0 Å². The number of hydrogen-bond donors (Lipinski definition) is 1. The first-order valence-electron chi connectivity index (χ1n) is 17.2. The zero-order valence-electron chi connectivity index (χ0n) is 27.1. The lowest BCUT2D eigenvalue weighted by atomic mass is 9.54. The van der Waals surface area contributed by atoms with Gasteiger partial charge in [0.25, 0.3) is 10.0 Å². The zero-order valence-corrected chi connectivity index (χ0v) is 27.9. The molecule has 0 aromatic heterocycles. The van der Waals surface area contributed by atoms with Gasteiger partial charge in [-0.25, -0.2) is 12.7 Å². The number of piperazine rings is 2. The van der Waals surface area contributed by atoms with E-state index in [1.54, 1.807) is 35.2 Å². The molecule has 0 aliphatic carbocycles. The average molecular weight is 709 g/mol. The number of carbonyl (C=O) groups is 4. The Bertz CT molecular complexity index is 2220. The van der Waals surface area contributed by atoms with E-state index in [4.69, 9.17) is 9.47 Å². The second-order valence-corrected chi connectivity index (χ2v) is 16.4. The summed E-state index contributed by atoms with van der Waals surface area (Å²) in [4.78, 5) is 64.3. The van der Waals surface area contributed by atoms with E-state index in [-0.39, 0.29) is 62.1 Å². The average Bonchev–Trinajstić information content (AvgIpc) is 3.98. The number of sulfonamides is 1. The summed E-state index contributed by atoms with van der Waals surface area (Å²) in [5.74, 6) is -1.19. The number of nitrogens with zero attached hydrogens (tertiary/aromatic N) is 5. The van der Waals surface area contributed by atoms with Crippen LogP contribution in [0.3, 0.4) is 0 Å². The highest BCUT2D eigenvalue weighted by molar-refractivity contribution is 7.92. The molecule has 14 nitrogen and oxygen atoms in total. The maximum absolute atomic E-state index is 15.1. The summed E-state index contributed by atoms with van der Waals surface area (Å²) in [5, 5.41) is 3.62. The van der Waals surface area contributed by atoms with E-state index in [9.17, 15) is 19.2 Å². The van der Waals surface area contributed by atoms with Crippen molar-refractivity contribution in [2.24, 2.45) is 0 Å². The molecule has 51 heavy (non-hydrogen) atoms. The number of hydrogen-bond acceptors (Lipinski definition) is 9. The molecular weight excluding hydrogens is 676 g/mol. The fourth-order valence-corrected chi connectivity index (χ4v) is 12.6. The Labute approximate surface area is 292 Å². The fraction of sp³-hybridized carbons (Fsp3) is 0.389. The molecule has 1 unspecified atom stereocenters. The predicted molar refractivity (Wildman–Crippen MR) is 177 cm³/mol. The summed E-state index contributed by atoms with van der Waals surface area (Å²) < 4.78 is 42.8. The van der Waals surface area contributed by atoms with E-state index in [1.807, 2.05) is 36.4 Å². The zero-order chi connectivity index (χ0) is 34.6. The monoisotopic (exact) mass is 708 g/mol. The van der Waals surface area contributed by atoms with E-state index in [0.29, 0.717) is 11.3 Å². The number of para-hydroxylation sites is 2. The third-order valence-corrected chi connectivity index (χ3v) is 14.6. The molecule has 8 atom stereocenters. The molecule has 0 bridgehead atoms. The van der Waals surface area contributed by atoms with Gasteiger partial charge in [-0.15, -0.1) is 0 Å². The highest BCUT2D eigenvalue weighted by Crippen LogP contribution is 2.71. The molecule has 260 valence electrons. The summed E-state index contributed by atoms with van der Waals surface area (Å²) >= 11 is 0. The number of ether oxygens (including phenoxy) is 2. The van der Waals surface area contributed by atoms with Crippen LogP contribution in [0.4, 0.5) is 11.4 Å². The van der Waals surface area contributed by atoms with Gasteiger partial charge in [0.1, 0.15) is 50.0 Å². The van der Waals surface area contributed by atoms with E-state index in [2.05, 4.69) is 5.32 Å². The molecule has 3 aromatic rings. The molecule has 6 fully saturated rings. The molecule has 15 heteroatoms.